The average Bonchev–Trinajstić information content (AvgIpc) is 3.02. The predicted molar refractivity (Wildman–Crippen MR) is 73.1 cm³/mol. The van der Waals surface area contributed by atoms with Crippen molar-refractivity contribution >= 4 is 11.3 Å². The number of hydrogen-bond acceptors (Lipinski definition) is 4. The van der Waals surface area contributed by atoms with Crippen molar-refractivity contribution < 1.29 is 0 Å². The van der Waals surface area contributed by atoms with Crippen LogP contribution in [-0.2, 0) is 6.54 Å². The van der Waals surface area contributed by atoms with E-state index in [-0.39, 0.29) is 0 Å². The summed E-state index contributed by atoms with van der Waals surface area (Å²) < 4.78 is 3.92. The largest absolute Gasteiger partial charge is 0.368 e. The molecule has 0 aromatic carbocycles. The molecule has 0 aliphatic rings. The molecular formula is C13H16N6. The van der Waals surface area contributed by atoms with E-state index in [1.165, 1.54) is 0 Å². The van der Waals surface area contributed by atoms with Gasteiger partial charge >= 0.3 is 0 Å². The second-order valence-electron chi connectivity index (χ2n) is 4.47. The maximum atomic E-state index is 4.37. The highest BCUT2D eigenvalue weighted by atomic mass is 15.2. The Morgan fingerprint density at radius 3 is 3.05 bits per heavy atom. The Hall–Kier alpha value is -2.37. The average molecular weight is 256 g/mol. The van der Waals surface area contributed by atoms with Crippen LogP contribution in [0.3, 0.4) is 0 Å². The molecule has 6 nitrogen and oxygen atoms in total. The monoisotopic (exact) mass is 256 g/mol. The van der Waals surface area contributed by atoms with Crippen molar-refractivity contribution in [2.75, 3.05) is 11.9 Å². The third-order valence-electron chi connectivity index (χ3n) is 2.96. The van der Waals surface area contributed by atoms with E-state index >= 15 is 0 Å². The zero-order valence-electron chi connectivity index (χ0n) is 10.8. The van der Waals surface area contributed by atoms with Gasteiger partial charge in [0.05, 0.1) is 12.0 Å². The smallest absolute Gasteiger partial charge is 0.152 e. The van der Waals surface area contributed by atoms with Crippen LogP contribution in [0.1, 0.15) is 12.1 Å². The summed E-state index contributed by atoms with van der Waals surface area (Å²) in [4.78, 5) is 8.39. The van der Waals surface area contributed by atoms with Gasteiger partial charge < -0.3 is 9.88 Å². The first-order valence-corrected chi connectivity index (χ1v) is 6.33. The minimum atomic E-state index is 0.870. The molecule has 3 aromatic rings. The van der Waals surface area contributed by atoms with Crippen LogP contribution in [0, 0.1) is 6.92 Å². The van der Waals surface area contributed by atoms with Gasteiger partial charge in [-0.2, -0.15) is 5.10 Å². The second-order valence-corrected chi connectivity index (χ2v) is 4.47. The summed E-state index contributed by atoms with van der Waals surface area (Å²) in [6.07, 6.45) is 10.2. The molecule has 19 heavy (non-hydrogen) atoms. The zero-order valence-corrected chi connectivity index (χ0v) is 10.8. The van der Waals surface area contributed by atoms with Gasteiger partial charge in [0, 0.05) is 37.9 Å². The summed E-state index contributed by atoms with van der Waals surface area (Å²) >= 11 is 0. The van der Waals surface area contributed by atoms with E-state index in [2.05, 4.69) is 25.0 Å². The molecule has 0 aliphatic carbocycles. The van der Waals surface area contributed by atoms with E-state index in [0.29, 0.717) is 0 Å². The molecule has 0 bridgehead atoms. The minimum Gasteiger partial charge on any atom is -0.368 e. The number of fused-ring (bicyclic) bond motifs is 1. The number of rotatable bonds is 5. The van der Waals surface area contributed by atoms with Crippen LogP contribution in [0.5, 0.6) is 0 Å². The molecule has 0 atom stereocenters. The molecule has 3 aromatic heterocycles. The van der Waals surface area contributed by atoms with E-state index in [9.17, 15) is 0 Å². The Balaban J connectivity index is 1.62. The van der Waals surface area contributed by atoms with Crippen molar-refractivity contribution in [2.45, 2.75) is 19.9 Å². The molecule has 0 fully saturated rings. The molecule has 0 amide bonds. The van der Waals surface area contributed by atoms with Gasteiger partial charge in [0.1, 0.15) is 5.52 Å². The minimum absolute atomic E-state index is 0.870. The van der Waals surface area contributed by atoms with Crippen molar-refractivity contribution in [1.29, 1.82) is 0 Å². The predicted octanol–water partition coefficient (Wildman–Crippen LogP) is 1.74. The molecule has 0 spiro atoms. The summed E-state index contributed by atoms with van der Waals surface area (Å²) in [6.45, 7) is 3.80. The van der Waals surface area contributed by atoms with Crippen LogP contribution >= 0.6 is 0 Å². The van der Waals surface area contributed by atoms with Crippen molar-refractivity contribution in [1.82, 2.24) is 24.1 Å². The number of hydrogen-bond donors (Lipinski definition) is 1. The number of nitrogens with zero attached hydrogens (tertiary/aromatic N) is 5. The molecule has 0 radical (unpaired) electrons. The van der Waals surface area contributed by atoms with E-state index in [1.807, 2.05) is 36.2 Å². The summed E-state index contributed by atoms with van der Waals surface area (Å²) in [7, 11) is 0. The Bertz CT molecular complexity index is 655. The fourth-order valence-electron chi connectivity index (χ4n) is 2.07. The number of anilines is 1. The normalized spacial score (nSPS) is 11.0. The van der Waals surface area contributed by atoms with Crippen molar-refractivity contribution in [2.24, 2.45) is 0 Å². The quantitative estimate of drug-likeness (QED) is 0.706. The lowest BCUT2D eigenvalue weighted by Gasteiger charge is -2.07. The van der Waals surface area contributed by atoms with E-state index in [4.69, 9.17) is 0 Å². The van der Waals surface area contributed by atoms with Gasteiger partial charge in [-0.3, -0.25) is 0 Å². The number of aryl methyl sites for hydroxylation is 2. The molecule has 0 aliphatic heterocycles. The SMILES string of the molecule is Cc1cc2c(NCCCn3ccnc3)nccn2n1. The maximum Gasteiger partial charge on any atom is 0.152 e. The molecular weight excluding hydrogens is 240 g/mol. The Morgan fingerprint density at radius 1 is 1.26 bits per heavy atom. The topological polar surface area (TPSA) is 60.0 Å². The first-order chi connectivity index (χ1) is 9.33. The lowest BCUT2D eigenvalue weighted by molar-refractivity contribution is 0.660. The summed E-state index contributed by atoms with van der Waals surface area (Å²) in [5.74, 6) is 0.883. The van der Waals surface area contributed by atoms with Crippen molar-refractivity contribution in [3.63, 3.8) is 0 Å². The fraction of sp³-hybridized carbons (Fsp3) is 0.308. The molecule has 98 valence electrons. The van der Waals surface area contributed by atoms with Crippen LogP contribution in [0.25, 0.3) is 5.52 Å². The lowest BCUT2D eigenvalue weighted by Crippen LogP contribution is -2.08. The Morgan fingerprint density at radius 2 is 2.21 bits per heavy atom. The first kappa shape index (κ1) is 11.7. The fourth-order valence-corrected chi connectivity index (χ4v) is 2.07. The highest BCUT2D eigenvalue weighted by Crippen LogP contribution is 2.14. The first-order valence-electron chi connectivity index (χ1n) is 6.33. The van der Waals surface area contributed by atoms with Gasteiger partial charge in [-0.25, -0.2) is 14.5 Å². The van der Waals surface area contributed by atoms with Gasteiger partial charge in [0.25, 0.3) is 0 Å². The second kappa shape index (κ2) is 5.09. The summed E-state index contributed by atoms with van der Waals surface area (Å²) in [5, 5.41) is 7.72. The van der Waals surface area contributed by atoms with Gasteiger partial charge in [-0.1, -0.05) is 0 Å². The van der Waals surface area contributed by atoms with Crippen LogP contribution < -0.4 is 5.32 Å². The molecule has 0 saturated carbocycles. The Labute approximate surface area is 111 Å². The molecule has 1 N–H and O–H groups in total. The maximum absolute atomic E-state index is 4.37. The van der Waals surface area contributed by atoms with Gasteiger partial charge in [-0.15, -0.1) is 0 Å². The summed E-state index contributed by atoms with van der Waals surface area (Å²) in [6, 6.07) is 2.03. The number of imidazole rings is 1. The third-order valence-corrected chi connectivity index (χ3v) is 2.96. The highest BCUT2D eigenvalue weighted by Gasteiger charge is 2.04. The van der Waals surface area contributed by atoms with Crippen molar-refractivity contribution in [3.8, 4) is 0 Å². The van der Waals surface area contributed by atoms with Crippen LogP contribution in [0.4, 0.5) is 5.82 Å². The Kier molecular flexibility index (Phi) is 3.14. The molecule has 6 heteroatoms. The summed E-state index contributed by atoms with van der Waals surface area (Å²) in [5.41, 5.74) is 2.01. The lowest BCUT2D eigenvalue weighted by atomic mass is 10.3. The van der Waals surface area contributed by atoms with Crippen LogP contribution in [-0.4, -0.2) is 30.7 Å². The molecule has 3 heterocycles. The van der Waals surface area contributed by atoms with Crippen LogP contribution in [0.15, 0.2) is 37.2 Å². The highest BCUT2D eigenvalue weighted by molar-refractivity contribution is 5.67. The standard InChI is InChI=1S/C13H16N6/c1-11-9-12-13(16-5-8-19(12)17-11)15-3-2-6-18-7-4-14-10-18/h4-5,7-10H,2-3,6H2,1H3,(H,15,16). The molecule has 0 saturated heterocycles. The number of nitrogens with one attached hydrogen (secondary N) is 1. The molecule has 3 rings (SSSR count). The van der Waals surface area contributed by atoms with Crippen LogP contribution in [0.2, 0.25) is 0 Å². The van der Waals surface area contributed by atoms with Gasteiger partial charge in [-0.05, 0) is 19.4 Å². The zero-order chi connectivity index (χ0) is 13.1. The molecule has 0 unspecified atom stereocenters. The van der Waals surface area contributed by atoms with Gasteiger partial charge in [0.2, 0.25) is 0 Å². The third kappa shape index (κ3) is 2.57. The van der Waals surface area contributed by atoms with E-state index < -0.39 is 0 Å². The van der Waals surface area contributed by atoms with Gasteiger partial charge in [0.15, 0.2) is 5.82 Å². The number of aromatic nitrogens is 5. The van der Waals surface area contributed by atoms with E-state index in [1.54, 1.807) is 12.4 Å². The van der Waals surface area contributed by atoms with Crippen molar-refractivity contribution in [3.05, 3.63) is 42.9 Å². The van der Waals surface area contributed by atoms with E-state index in [0.717, 1.165) is 36.5 Å².